The SMILES string of the molecule is CCOC(=O)[C@H](Cc1ccc(OCC)cc1)N(CCCCl)C(=O)OCc1ccccc1. The fourth-order valence-electron chi connectivity index (χ4n) is 3.08. The van der Waals surface area contributed by atoms with Crippen LogP contribution in [0.1, 0.15) is 31.4 Å². The van der Waals surface area contributed by atoms with Gasteiger partial charge in [-0.25, -0.2) is 9.59 Å². The minimum atomic E-state index is -0.815. The van der Waals surface area contributed by atoms with Gasteiger partial charge in [0.25, 0.3) is 0 Å². The molecule has 2 rings (SSSR count). The summed E-state index contributed by atoms with van der Waals surface area (Å²) in [7, 11) is 0. The molecule has 6 nitrogen and oxygen atoms in total. The summed E-state index contributed by atoms with van der Waals surface area (Å²) in [6.45, 7) is 4.86. The van der Waals surface area contributed by atoms with Crippen molar-refractivity contribution in [2.45, 2.75) is 39.3 Å². The van der Waals surface area contributed by atoms with Crippen molar-refractivity contribution in [3.63, 3.8) is 0 Å². The highest BCUT2D eigenvalue weighted by Gasteiger charge is 2.32. The number of carbonyl (C=O) groups excluding carboxylic acids is 2. The van der Waals surface area contributed by atoms with Gasteiger partial charge in [0.1, 0.15) is 18.4 Å². The summed E-state index contributed by atoms with van der Waals surface area (Å²) in [5.74, 6) is 0.643. The van der Waals surface area contributed by atoms with Crippen molar-refractivity contribution in [3.8, 4) is 5.75 Å². The maximum atomic E-state index is 12.9. The van der Waals surface area contributed by atoms with Crippen LogP contribution in [0.3, 0.4) is 0 Å². The van der Waals surface area contributed by atoms with Gasteiger partial charge in [-0.2, -0.15) is 0 Å². The Kier molecular flexibility index (Phi) is 10.7. The molecule has 0 aliphatic heterocycles. The van der Waals surface area contributed by atoms with Crippen molar-refractivity contribution in [2.24, 2.45) is 0 Å². The Labute approximate surface area is 189 Å². The molecule has 0 aliphatic carbocycles. The van der Waals surface area contributed by atoms with Crippen molar-refractivity contribution in [3.05, 3.63) is 65.7 Å². The molecule has 0 aliphatic rings. The summed E-state index contributed by atoms with van der Waals surface area (Å²) in [6.07, 6.45) is 0.257. The highest BCUT2D eigenvalue weighted by Crippen LogP contribution is 2.18. The molecule has 31 heavy (non-hydrogen) atoms. The zero-order valence-corrected chi connectivity index (χ0v) is 18.8. The number of alkyl halides is 1. The number of ether oxygens (including phenoxy) is 3. The predicted octanol–water partition coefficient (Wildman–Crippen LogP) is 4.83. The van der Waals surface area contributed by atoms with Crippen LogP contribution >= 0.6 is 11.6 Å². The third-order valence-corrected chi connectivity index (χ3v) is 4.84. The molecule has 0 N–H and O–H groups in total. The second-order valence-electron chi connectivity index (χ2n) is 6.83. The Morgan fingerprint density at radius 2 is 1.65 bits per heavy atom. The molecule has 0 saturated heterocycles. The first-order chi connectivity index (χ1) is 15.1. The molecule has 0 bridgehead atoms. The molecule has 1 atom stereocenters. The maximum absolute atomic E-state index is 12.9. The van der Waals surface area contributed by atoms with E-state index in [4.69, 9.17) is 25.8 Å². The number of carbonyl (C=O) groups is 2. The van der Waals surface area contributed by atoms with Crippen LogP contribution in [0.15, 0.2) is 54.6 Å². The molecule has 0 spiro atoms. The standard InChI is InChI=1S/C24H30ClNO5/c1-3-29-21-13-11-19(12-14-21)17-22(23(27)30-4-2)26(16-8-15-25)24(28)31-18-20-9-6-5-7-10-20/h5-7,9-14,22H,3-4,8,15-18H2,1-2H3/t22-/m0/s1. The quantitative estimate of drug-likeness (QED) is 0.344. The molecule has 7 heteroatoms. The Morgan fingerprint density at radius 1 is 0.935 bits per heavy atom. The Morgan fingerprint density at radius 3 is 2.26 bits per heavy atom. The Bertz CT molecular complexity index is 797. The average Bonchev–Trinajstić information content (AvgIpc) is 2.79. The van der Waals surface area contributed by atoms with E-state index in [9.17, 15) is 9.59 Å². The van der Waals surface area contributed by atoms with Gasteiger partial charge in [-0.3, -0.25) is 4.90 Å². The number of hydrogen-bond donors (Lipinski definition) is 0. The van der Waals surface area contributed by atoms with E-state index in [2.05, 4.69) is 0 Å². The van der Waals surface area contributed by atoms with Gasteiger partial charge in [0.05, 0.1) is 13.2 Å². The van der Waals surface area contributed by atoms with E-state index in [1.165, 1.54) is 4.90 Å². The van der Waals surface area contributed by atoms with Crippen molar-refractivity contribution in [1.82, 2.24) is 4.90 Å². The molecule has 0 heterocycles. The summed E-state index contributed by atoms with van der Waals surface area (Å²) < 4.78 is 16.2. The van der Waals surface area contributed by atoms with Crippen molar-refractivity contribution >= 4 is 23.7 Å². The minimum Gasteiger partial charge on any atom is -0.494 e. The predicted molar refractivity (Wildman–Crippen MR) is 120 cm³/mol. The summed E-state index contributed by atoms with van der Waals surface area (Å²) in [4.78, 5) is 27.1. The zero-order valence-electron chi connectivity index (χ0n) is 18.1. The number of amides is 1. The molecule has 0 fully saturated rings. The van der Waals surface area contributed by atoms with E-state index >= 15 is 0 Å². The van der Waals surface area contributed by atoms with Crippen LogP contribution in [0, 0.1) is 0 Å². The Balaban J connectivity index is 2.19. The Hall–Kier alpha value is -2.73. The lowest BCUT2D eigenvalue weighted by atomic mass is 10.0. The summed E-state index contributed by atoms with van der Waals surface area (Å²) in [5, 5.41) is 0. The molecule has 1 amide bonds. The molecule has 168 valence electrons. The van der Waals surface area contributed by atoms with Gasteiger partial charge in [-0.05, 0) is 43.5 Å². The summed E-state index contributed by atoms with van der Waals surface area (Å²) in [5.41, 5.74) is 1.75. The summed E-state index contributed by atoms with van der Waals surface area (Å²) >= 11 is 5.87. The number of esters is 1. The zero-order chi connectivity index (χ0) is 22.5. The van der Waals surface area contributed by atoms with E-state index in [0.717, 1.165) is 16.9 Å². The normalized spacial score (nSPS) is 11.5. The van der Waals surface area contributed by atoms with Crippen LogP contribution in [-0.2, 0) is 27.3 Å². The van der Waals surface area contributed by atoms with Gasteiger partial charge in [0, 0.05) is 18.8 Å². The molecule has 0 radical (unpaired) electrons. The second-order valence-corrected chi connectivity index (χ2v) is 7.20. The number of benzene rings is 2. The van der Waals surface area contributed by atoms with E-state index < -0.39 is 18.1 Å². The molecule has 0 saturated carbocycles. The van der Waals surface area contributed by atoms with Crippen LogP contribution in [0.5, 0.6) is 5.75 Å². The average molecular weight is 448 g/mol. The topological polar surface area (TPSA) is 65.1 Å². The lowest BCUT2D eigenvalue weighted by Gasteiger charge is -2.29. The first-order valence-electron chi connectivity index (χ1n) is 10.5. The van der Waals surface area contributed by atoms with E-state index in [0.29, 0.717) is 25.3 Å². The van der Waals surface area contributed by atoms with Gasteiger partial charge in [0.15, 0.2) is 0 Å². The van der Waals surface area contributed by atoms with Gasteiger partial charge in [0.2, 0.25) is 0 Å². The van der Waals surface area contributed by atoms with Crippen molar-refractivity contribution in [1.29, 1.82) is 0 Å². The number of halogens is 1. The van der Waals surface area contributed by atoms with E-state index in [1.54, 1.807) is 6.92 Å². The number of rotatable bonds is 12. The fraction of sp³-hybridized carbons (Fsp3) is 0.417. The van der Waals surface area contributed by atoms with Gasteiger partial charge in [-0.1, -0.05) is 42.5 Å². The van der Waals surface area contributed by atoms with Crippen molar-refractivity contribution in [2.75, 3.05) is 25.6 Å². The van der Waals surface area contributed by atoms with Gasteiger partial charge >= 0.3 is 12.1 Å². The van der Waals surface area contributed by atoms with Crippen LogP contribution in [0.2, 0.25) is 0 Å². The molecular weight excluding hydrogens is 418 g/mol. The first kappa shape index (κ1) is 24.5. The lowest BCUT2D eigenvalue weighted by Crippen LogP contribution is -2.48. The van der Waals surface area contributed by atoms with E-state index in [1.807, 2.05) is 61.5 Å². The highest BCUT2D eigenvalue weighted by atomic mass is 35.5. The first-order valence-corrected chi connectivity index (χ1v) is 11.0. The van der Waals surface area contributed by atoms with Crippen molar-refractivity contribution < 1.29 is 23.8 Å². The third-order valence-electron chi connectivity index (χ3n) is 4.57. The smallest absolute Gasteiger partial charge is 0.410 e. The highest BCUT2D eigenvalue weighted by molar-refractivity contribution is 6.17. The fourth-order valence-corrected chi connectivity index (χ4v) is 3.20. The third kappa shape index (κ3) is 8.13. The minimum absolute atomic E-state index is 0.121. The largest absolute Gasteiger partial charge is 0.494 e. The van der Waals surface area contributed by atoms with E-state index in [-0.39, 0.29) is 19.8 Å². The molecular formula is C24H30ClNO5. The maximum Gasteiger partial charge on any atom is 0.410 e. The molecule has 2 aromatic carbocycles. The monoisotopic (exact) mass is 447 g/mol. The molecule has 2 aromatic rings. The number of hydrogen-bond acceptors (Lipinski definition) is 5. The van der Waals surface area contributed by atoms with Crippen LogP contribution in [0.25, 0.3) is 0 Å². The summed E-state index contributed by atoms with van der Waals surface area (Å²) in [6, 6.07) is 16.0. The van der Waals surface area contributed by atoms with Crippen LogP contribution in [-0.4, -0.2) is 48.6 Å². The van der Waals surface area contributed by atoms with Crippen LogP contribution < -0.4 is 4.74 Å². The second kappa shape index (κ2) is 13.5. The van der Waals surface area contributed by atoms with Crippen LogP contribution in [0.4, 0.5) is 4.79 Å². The lowest BCUT2D eigenvalue weighted by molar-refractivity contribution is -0.149. The molecule has 0 aromatic heterocycles. The van der Waals surface area contributed by atoms with Gasteiger partial charge < -0.3 is 14.2 Å². The van der Waals surface area contributed by atoms with Gasteiger partial charge in [-0.15, -0.1) is 11.6 Å². The number of nitrogens with zero attached hydrogens (tertiary/aromatic N) is 1. The molecule has 0 unspecified atom stereocenters.